The summed E-state index contributed by atoms with van der Waals surface area (Å²) in [4.78, 5) is 0. The Balaban J connectivity index is 2.92. The van der Waals surface area contributed by atoms with Gasteiger partial charge in [0.05, 0.1) is 13.2 Å². The first-order valence-corrected chi connectivity index (χ1v) is 4.85. The van der Waals surface area contributed by atoms with E-state index in [9.17, 15) is 10.2 Å². The molecule has 0 saturated carbocycles. The third-order valence-electron chi connectivity index (χ3n) is 2.55. The lowest BCUT2D eigenvalue weighted by Gasteiger charge is -2.18. The summed E-state index contributed by atoms with van der Waals surface area (Å²) in [5.74, 6) is 0.395. The molecule has 0 spiro atoms. The molecule has 4 nitrogen and oxygen atoms in total. The minimum Gasteiger partial charge on any atom is -0.504 e. The quantitative estimate of drug-likeness (QED) is 0.689. The van der Waals surface area contributed by atoms with Gasteiger partial charge >= 0.3 is 0 Å². The minimum absolute atomic E-state index is 0.0751. The van der Waals surface area contributed by atoms with Crippen molar-refractivity contribution < 1.29 is 14.9 Å². The van der Waals surface area contributed by atoms with Crippen LogP contribution >= 0.6 is 0 Å². The lowest BCUT2D eigenvalue weighted by atomic mass is 9.95. The lowest BCUT2D eigenvalue weighted by molar-refractivity contribution is 0.157. The van der Waals surface area contributed by atoms with Crippen LogP contribution in [0.4, 0.5) is 0 Å². The fraction of sp³-hybridized carbons (Fsp3) is 0.455. The molecule has 0 heterocycles. The molecule has 15 heavy (non-hydrogen) atoms. The van der Waals surface area contributed by atoms with E-state index in [1.165, 1.54) is 7.11 Å². The first-order chi connectivity index (χ1) is 7.10. The number of aliphatic hydroxyl groups excluding tert-OH is 1. The van der Waals surface area contributed by atoms with Crippen LogP contribution in [0.3, 0.4) is 0 Å². The Labute approximate surface area is 89.3 Å². The summed E-state index contributed by atoms with van der Waals surface area (Å²) in [6.07, 6.45) is -0.599. The first-order valence-electron chi connectivity index (χ1n) is 4.85. The highest BCUT2D eigenvalue weighted by Crippen LogP contribution is 2.30. The predicted octanol–water partition coefficient (Wildman–Crippen LogP) is 0.824. The first kappa shape index (κ1) is 11.8. The van der Waals surface area contributed by atoms with E-state index in [0.717, 1.165) is 5.56 Å². The Morgan fingerprint density at radius 1 is 1.47 bits per heavy atom. The third kappa shape index (κ3) is 2.61. The summed E-state index contributed by atoms with van der Waals surface area (Å²) in [5, 5.41) is 19.1. The number of nitrogens with two attached hydrogens (primary N) is 1. The van der Waals surface area contributed by atoms with Gasteiger partial charge in [-0.1, -0.05) is 13.0 Å². The topological polar surface area (TPSA) is 75.7 Å². The van der Waals surface area contributed by atoms with Crippen molar-refractivity contribution in [3.63, 3.8) is 0 Å². The van der Waals surface area contributed by atoms with Crippen LogP contribution < -0.4 is 10.5 Å². The molecule has 84 valence electrons. The number of benzene rings is 1. The van der Waals surface area contributed by atoms with E-state index in [4.69, 9.17) is 10.5 Å². The molecule has 2 unspecified atom stereocenters. The molecule has 0 aromatic heterocycles. The molecular weight excluding hydrogens is 194 g/mol. The molecule has 0 fully saturated rings. The van der Waals surface area contributed by atoms with E-state index >= 15 is 0 Å². The maximum absolute atomic E-state index is 9.56. The zero-order valence-electron chi connectivity index (χ0n) is 8.97. The van der Waals surface area contributed by atoms with Gasteiger partial charge in [-0.2, -0.15) is 0 Å². The molecule has 1 aromatic rings. The molecule has 0 amide bonds. The monoisotopic (exact) mass is 211 g/mol. The standard InChI is InChI=1S/C11H17NO3/c1-7(10(14)6-12)8-3-4-11(15-2)9(13)5-8/h3-5,7,10,13-14H,6,12H2,1-2H3. The van der Waals surface area contributed by atoms with E-state index < -0.39 is 6.10 Å². The smallest absolute Gasteiger partial charge is 0.160 e. The Morgan fingerprint density at radius 3 is 2.60 bits per heavy atom. The van der Waals surface area contributed by atoms with E-state index in [0.29, 0.717) is 5.75 Å². The Hall–Kier alpha value is -1.26. The van der Waals surface area contributed by atoms with E-state index in [1.807, 2.05) is 13.0 Å². The molecule has 2 atom stereocenters. The average molecular weight is 211 g/mol. The molecular formula is C11H17NO3. The summed E-state index contributed by atoms with van der Waals surface area (Å²) in [6, 6.07) is 5.06. The molecule has 0 aliphatic rings. The van der Waals surface area contributed by atoms with Crippen LogP contribution in [0.15, 0.2) is 18.2 Å². The van der Waals surface area contributed by atoms with Gasteiger partial charge in [-0.15, -0.1) is 0 Å². The van der Waals surface area contributed by atoms with Crippen LogP contribution in [0, 0.1) is 0 Å². The Morgan fingerprint density at radius 2 is 2.13 bits per heavy atom. The number of phenolic OH excluding ortho intramolecular Hbond substituents is 1. The van der Waals surface area contributed by atoms with Crippen LogP contribution in [0.2, 0.25) is 0 Å². The largest absolute Gasteiger partial charge is 0.504 e. The van der Waals surface area contributed by atoms with Crippen molar-refractivity contribution in [2.45, 2.75) is 18.9 Å². The van der Waals surface area contributed by atoms with E-state index in [-0.39, 0.29) is 18.2 Å². The summed E-state index contributed by atoms with van der Waals surface area (Å²) < 4.78 is 4.93. The highest BCUT2D eigenvalue weighted by atomic mass is 16.5. The maximum Gasteiger partial charge on any atom is 0.160 e. The van der Waals surface area contributed by atoms with Gasteiger partial charge in [0.15, 0.2) is 11.5 Å². The number of hydrogen-bond donors (Lipinski definition) is 3. The molecule has 0 aliphatic carbocycles. The second kappa shape index (κ2) is 5.00. The molecule has 0 aliphatic heterocycles. The van der Waals surface area contributed by atoms with Crippen molar-refractivity contribution in [2.75, 3.05) is 13.7 Å². The van der Waals surface area contributed by atoms with Crippen LogP contribution in [0.5, 0.6) is 11.5 Å². The molecule has 0 saturated heterocycles. The van der Waals surface area contributed by atoms with E-state index in [1.54, 1.807) is 12.1 Å². The van der Waals surface area contributed by atoms with Gasteiger partial charge in [0.25, 0.3) is 0 Å². The van der Waals surface area contributed by atoms with Crippen molar-refractivity contribution in [1.82, 2.24) is 0 Å². The van der Waals surface area contributed by atoms with Crippen molar-refractivity contribution in [3.8, 4) is 11.5 Å². The van der Waals surface area contributed by atoms with Crippen molar-refractivity contribution in [2.24, 2.45) is 5.73 Å². The molecule has 4 heteroatoms. The lowest BCUT2D eigenvalue weighted by Crippen LogP contribution is -2.25. The number of methoxy groups -OCH3 is 1. The highest BCUT2D eigenvalue weighted by molar-refractivity contribution is 5.42. The number of hydrogen-bond acceptors (Lipinski definition) is 4. The third-order valence-corrected chi connectivity index (χ3v) is 2.55. The van der Waals surface area contributed by atoms with Gasteiger partial charge in [-0.05, 0) is 17.7 Å². The van der Waals surface area contributed by atoms with Crippen molar-refractivity contribution in [3.05, 3.63) is 23.8 Å². The predicted molar refractivity (Wildman–Crippen MR) is 58.1 cm³/mol. The van der Waals surface area contributed by atoms with Gasteiger partial charge < -0.3 is 20.7 Å². The van der Waals surface area contributed by atoms with Crippen LogP contribution in [0.1, 0.15) is 18.4 Å². The maximum atomic E-state index is 9.56. The van der Waals surface area contributed by atoms with Crippen LogP contribution in [0.25, 0.3) is 0 Å². The number of ether oxygens (including phenoxy) is 1. The molecule has 4 N–H and O–H groups in total. The van der Waals surface area contributed by atoms with Crippen molar-refractivity contribution in [1.29, 1.82) is 0 Å². The number of aromatic hydroxyl groups is 1. The van der Waals surface area contributed by atoms with Gasteiger partial charge in [0.2, 0.25) is 0 Å². The number of aliphatic hydroxyl groups is 1. The zero-order valence-corrected chi connectivity index (χ0v) is 8.97. The summed E-state index contributed by atoms with van der Waals surface area (Å²) >= 11 is 0. The summed E-state index contributed by atoms with van der Waals surface area (Å²) in [6.45, 7) is 2.06. The van der Waals surface area contributed by atoms with Gasteiger partial charge in [0.1, 0.15) is 0 Å². The Bertz CT molecular complexity index is 328. The van der Waals surface area contributed by atoms with Crippen LogP contribution in [-0.4, -0.2) is 30.0 Å². The number of rotatable bonds is 4. The van der Waals surface area contributed by atoms with Gasteiger partial charge in [-0.25, -0.2) is 0 Å². The van der Waals surface area contributed by atoms with Crippen LogP contribution in [-0.2, 0) is 0 Å². The van der Waals surface area contributed by atoms with Crippen molar-refractivity contribution >= 4 is 0 Å². The normalized spacial score (nSPS) is 14.7. The van der Waals surface area contributed by atoms with Gasteiger partial charge in [-0.3, -0.25) is 0 Å². The molecule has 0 bridgehead atoms. The van der Waals surface area contributed by atoms with Gasteiger partial charge in [0, 0.05) is 12.5 Å². The zero-order chi connectivity index (χ0) is 11.4. The second-order valence-electron chi connectivity index (χ2n) is 3.52. The SMILES string of the molecule is COc1ccc(C(C)C(O)CN)cc1O. The summed E-state index contributed by atoms with van der Waals surface area (Å²) in [7, 11) is 1.49. The molecule has 1 rings (SSSR count). The van der Waals surface area contributed by atoms with E-state index in [2.05, 4.69) is 0 Å². The molecule has 1 aromatic carbocycles. The fourth-order valence-corrected chi connectivity index (χ4v) is 1.42. The highest BCUT2D eigenvalue weighted by Gasteiger charge is 2.16. The average Bonchev–Trinajstić information content (AvgIpc) is 2.26. The minimum atomic E-state index is -0.599. The summed E-state index contributed by atoms with van der Waals surface area (Å²) in [5.41, 5.74) is 6.21. The second-order valence-corrected chi connectivity index (χ2v) is 3.52. The number of phenols is 1. The Kier molecular flexibility index (Phi) is 3.94. The fourth-order valence-electron chi connectivity index (χ4n) is 1.42. The molecule has 0 radical (unpaired) electrons.